The summed E-state index contributed by atoms with van der Waals surface area (Å²) >= 11 is 0. The van der Waals surface area contributed by atoms with Crippen LogP contribution in [0.25, 0.3) is 0 Å². The van der Waals surface area contributed by atoms with Crippen molar-refractivity contribution in [3.8, 4) is 5.75 Å². The zero-order valence-corrected chi connectivity index (χ0v) is 17.1. The van der Waals surface area contributed by atoms with E-state index in [2.05, 4.69) is 46.2 Å². The van der Waals surface area contributed by atoms with Crippen LogP contribution >= 0.6 is 0 Å². The second kappa shape index (κ2) is 10.2. The number of rotatable bonds is 8. The molecule has 0 amide bonds. The minimum absolute atomic E-state index is 0.323. The highest BCUT2D eigenvalue weighted by Crippen LogP contribution is 2.23. The van der Waals surface area contributed by atoms with Crippen molar-refractivity contribution in [2.45, 2.75) is 38.6 Å². The normalized spacial score (nSPS) is 20.4. The Morgan fingerprint density at radius 1 is 0.966 bits per heavy atom. The van der Waals surface area contributed by atoms with Gasteiger partial charge in [-0.25, -0.2) is 0 Å². The Balaban J connectivity index is 1.45. The molecule has 0 spiro atoms. The van der Waals surface area contributed by atoms with Crippen molar-refractivity contribution in [1.29, 1.82) is 0 Å². The molecule has 2 aliphatic rings. The Labute approximate surface area is 173 Å². The topological polar surface area (TPSA) is 45.2 Å². The summed E-state index contributed by atoms with van der Waals surface area (Å²) in [7, 11) is 0. The van der Waals surface area contributed by atoms with Crippen molar-refractivity contribution in [2.24, 2.45) is 0 Å². The minimum atomic E-state index is 0.323. The molecule has 156 valence electrons. The molecule has 0 radical (unpaired) electrons. The molecule has 5 heteroatoms. The first-order valence-electron chi connectivity index (χ1n) is 10.7. The number of ether oxygens (including phenoxy) is 2. The van der Waals surface area contributed by atoms with Crippen LogP contribution in [0.15, 0.2) is 48.5 Å². The molecule has 1 unspecified atom stereocenters. The molecule has 2 aromatic rings. The second-order valence-corrected chi connectivity index (χ2v) is 8.14. The van der Waals surface area contributed by atoms with Crippen molar-refractivity contribution in [1.82, 2.24) is 9.80 Å². The van der Waals surface area contributed by atoms with Crippen LogP contribution in [0.2, 0.25) is 0 Å². The van der Waals surface area contributed by atoms with Gasteiger partial charge in [-0.15, -0.1) is 0 Å². The SMILES string of the molecule is Oc1ccc(CN(Cc2ccccc2)CC2CCCO2)cc1CN1CCOCC1. The lowest BCUT2D eigenvalue weighted by Crippen LogP contribution is -2.35. The second-order valence-electron chi connectivity index (χ2n) is 8.14. The molecule has 2 aromatic carbocycles. The van der Waals surface area contributed by atoms with Gasteiger partial charge in [-0.3, -0.25) is 9.80 Å². The molecule has 2 aliphatic heterocycles. The van der Waals surface area contributed by atoms with E-state index >= 15 is 0 Å². The monoisotopic (exact) mass is 396 g/mol. The van der Waals surface area contributed by atoms with E-state index in [4.69, 9.17) is 9.47 Å². The average Bonchev–Trinajstić information content (AvgIpc) is 3.25. The maximum Gasteiger partial charge on any atom is 0.120 e. The fraction of sp³-hybridized carbons (Fsp3) is 0.500. The third-order valence-corrected chi connectivity index (χ3v) is 5.78. The Morgan fingerprint density at radius 2 is 1.76 bits per heavy atom. The quantitative estimate of drug-likeness (QED) is 0.741. The van der Waals surface area contributed by atoms with Gasteiger partial charge >= 0.3 is 0 Å². The molecular weight excluding hydrogens is 364 g/mol. The molecule has 2 saturated heterocycles. The lowest BCUT2D eigenvalue weighted by atomic mass is 10.1. The van der Waals surface area contributed by atoms with Gasteiger partial charge in [-0.2, -0.15) is 0 Å². The van der Waals surface area contributed by atoms with Crippen molar-refractivity contribution >= 4 is 0 Å². The van der Waals surface area contributed by atoms with Crippen LogP contribution in [-0.4, -0.2) is 60.5 Å². The highest BCUT2D eigenvalue weighted by molar-refractivity contribution is 5.36. The Hall–Kier alpha value is -1.92. The Bertz CT molecular complexity index is 756. The van der Waals surface area contributed by atoms with Gasteiger partial charge in [-0.1, -0.05) is 36.4 Å². The van der Waals surface area contributed by atoms with Crippen LogP contribution < -0.4 is 0 Å². The van der Waals surface area contributed by atoms with Gasteiger partial charge in [0, 0.05) is 51.4 Å². The zero-order valence-electron chi connectivity index (χ0n) is 17.1. The number of aromatic hydroxyl groups is 1. The molecule has 1 N–H and O–H groups in total. The van der Waals surface area contributed by atoms with Gasteiger partial charge in [0.15, 0.2) is 0 Å². The van der Waals surface area contributed by atoms with Crippen LogP contribution in [0.3, 0.4) is 0 Å². The summed E-state index contributed by atoms with van der Waals surface area (Å²) < 4.78 is 11.3. The molecular formula is C24H32N2O3. The molecule has 0 saturated carbocycles. The lowest BCUT2D eigenvalue weighted by molar-refractivity contribution is 0.0338. The number of nitrogens with zero attached hydrogens (tertiary/aromatic N) is 2. The van der Waals surface area contributed by atoms with E-state index in [-0.39, 0.29) is 0 Å². The molecule has 0 aromatic heterocycles. The molecule has 29 heavy (non-hydrogen) atoms. The predicted molar refractivity (Wildman–Crippen MR) is 114 cm³/mol. The highest BCUT2D eigenvalue weighted by atomic mass is 16.5. The lowest BCUT2D eigenvalue weighted by Gasteiger charge is -2.28. The molecule has 5 nitrogen and oxygen atoms in total. The predicted octanol–water partition coefficient (Wildman–Crippen LogP) is 3.41. The van der Waals surface area contributed by atoms with Crippen molar-refractivity contribution < 1.29 is 14.6 Å². The fourth-order valence-corrected chi connectivity index (χ4v) is 4.23. The van der Waals surface area contributed by atoms with Crippen LogP contribution in [-0.2, 0) is 29.1 Å². The number of phenolic OH excluding ortho intramolecular Hbond substituents is 1. The van der Waals surface area contributed by atoms with Gasteiger partial charge in [0.1, 0.15) is 5.75 Å². The maximum absolute atomic E-state index is 10.4. The highest BCUT2D eigenvalue weighted by Gasteiger charge is 2.20. The Morgan fingerprint density at radius 3 is 2.52 bits per heavy atom. The van der Waals surface area contributed by atoms with Crippen LogP contribution in [0.5, 0.6) is 5.75 Å². The number of hydrogen-bond acceptors (Lipinski definition) is 5. The third kappa shape index (κ3) is 6.03. The van der Waals surface area contributed by atoms with E-state index in [1.165, 1.54) is 11.1 Å². The number of morpholine rings is 1. The molecule has 1 atom stereocenters. The van der Waals surface area contributed by atoms with Crippen LogP contribution in [0.4, 0.5) is 0 Å². The minimum Gasteiger partial charge on any atom is -0.508 e. The Kier molecular flexibility index (Phi) is 7.17. The number of phenols is 1. The molecule has 4 rings (SSSR count). The standard InChI is InChI=1S/C24H32N2O3/c27-24-9-8-21(15-22(24)18-25-10-13-28-14-11-25)17-26(19-23-7-4-12-29-23)16-20-5-2-1-3-6-20/h1-3,5-6,8-9,15,23,27H,4,7,10-14,16-19H2. The summed E-state index contributed by atoms with van der Waals surface area (Å²) in [6.45, 7) is 7.73. The first-order valence-corrected chi connectivity index (χ1v) is 10.7. The molecule has 0 aliphatic carbocycles. The van der Waals surface area contributed by atoms with E-state index in [1.807, 2.05) is 12.1 Å². The van der Waals surface area contributed by atoms with Crippen LogP contribution in [0.1, 0.15) is 29.5 Å². The summed E-state index contributed by atoms with van der Waals surface area (Å²) in [5.74, 6) is 0.383. The van der Waals surface area contributed by atoms with E-state index in [9.17, 15) is 5.11 Å². The van der Waals surface area contributed by atoms with E-state index < -0.39 is 0 Å². The van der Waals surface area contributed by atoms with Crippen molar-refractivity contribution in [2.75, 3.05) is 39.5 Å². The first-order chi connectivity index (χ1) is 14.3. The van der Waals surface area contributed by atoms with E-state index in [0.717, 1.165) is 77.5 Å². The zero-order chi connectivity index (χ0) is 19.9. The summed E-state index contributed by atoms with van der Waals surface area (Å²) in [6.07, 6.45) is 2.62. The van der Waals surface area contributed by atoms with Gasteiger partial charge in [0.25, 0.3) is 0 Å². The third-order valence-electron chi connectivity index (χ3n) is 5.78. The summed E-state index contributed by atoms with van der Waals surface area (Å²) in [4.78, 5) is 4.81. The molecule has 2 heterocycles. The van der Waals surface area contributed by atoms with Gasteiger partial charge in [0.05, 0.1) is 19.3 Å². The summed E-state index contributed by atoms with van der Waals surface area (Å²) in [6, 6.07) is 16.7. The van der Waals surface area contributed by atoms with Crippen molar-refractivity contribution in [3.05, 3.63) is 65.2 Å². The molecule has 0 bridgehead atoms. The number of benzene rings is 2. The average molecular weight is 397 g/mol. The largest absolute Gasteiger partial charge is 0.508 e. The van der Waals surface area contributed by atoms with E-state index in [1.54, 1.807) is 0 Å². The van der Waals surface area contributed by atoms with Crippen LogP contribution in [0, 0.1) is 0 Å². The van der Waals surface area contributed by atoms with Gasteiger partial charge < -0.3 is 14.6 Å². The smallest absolute Gasteiger partial charge is 0.120 e. The summed E-state index contributed by atoms with van der Waals surface area (Å²) in [5, 5.41) is 10.4. The van der Waals surface area contributed by atoms with Gasteiger partial charge in [0.2, 0.25) is 0 Å². The van der Waals surface area contributed by atoms with Gasteiger partial charge in [-0.05, 0) is 36.1 Å². The molecule has 2 fully saturated rings. The van der Waals surface area contributed by atoms with Crippen molar-refractivity contribution in [3.63, 3.8) is 0 Å². The first kappa shape index (κ1) is 20.4. The number of hydrogen-bond donors (Lipinski definition) is 1. The maximum atomic E-state index is 10.4. The van der Waals surface area contributed by atoms with E-state index in [0.29, 0.717) is 11.9 Å². The fourth-order valence-electron chi connectivity index (χ4n) is 4.23. The summed E-state index contributed by atoms with van der Waals surface area (Å²) in [5.41, 5.74) is 3.55.